The molecule has 0 radical (unpaired) electrons. The SMILES string of the molecule is CN=C(NCc1ccc(OC)c(NC(C)=O)c1)N1CCC(COCc2ccccc2)C1. The predicted octanol–water partition coefficient (Wildman–Crippen LogP) is 3.27. The van der Waals surface area contributed by atoms with Crippen molar-refractivity contribution < 1.29 is 14.3 Å². The fraction of sp³-hybridized carbons (Fsp3) is 0.417. The van der Waals surface area contributed by atoms with E-state index in [1.807, 2.05) is 36.4 Å². The molecule has 1 aliphatic rings. The number of carbonyl (C=O) groups is 1. The molecule has 2 aromatic carbocycles. The van der Waals surface area contributed by atoms with Crippen LogP contribution in [0.3, 0.4) is 0 Å². The van der Waals surface area contributed by atoms with Crippen molar-refractivity contribution in [3.8, 4) is 5.75 Å². The van der Waals surface area contributed by atoms with E-state index in [4.69, 9.17) is 9.47 Å². The molecule has 1 amide bonds. The van der Waals surface area contributed by atoms with Crippen LogP contribution in [0.4, 0.5) is 5.69 Å². The standard InChI is InChI=1S/C24H32N4O3/c1-18(29)27-22-13-20(9-10-23(22)30-3)14-26-24(25-2)28-12-11-21(15-28)17-31-16-19-7-5-4-6-8-19/h4-10,13,21H,11-12,14-17H2,1-3H3,(H,25,26)(H,27,29). The summed E-state index contributed by atoms with van der Waals surface area (Å²) in [5, 5.41) is 6.24. The fourth-order valence-electron chi connectivity index (χ4n) is 3.74. The Kier molecular flexibility index (Phi) is 8.29. The maximum atomic E-state index is 11.4. The molecule has 1 fully saturated rings. The highest BCUT2D eigenvalue weighted by Gasteiger charge is 2.25. The molecule has 1 saturated heterocycles. The Morgan fingerprint density at radius 1 is 1.19 bits per heavy atom. The molecule has 31 heavy (non-hydrogen) atoms. The highest BCUT2D eigenvalue weighted by atomic mass is 16.5. The average Bonchev–Trinajstić information content (AvgIpc) is 3.23. The van der Waals surface area contributed by atoms with Gasteiger partial charge >= 0.3 is 0 Å². The lowest BCUT2D eigenvalue weighted by Gasteiger charge is -2.22. The van der Waals surface area contributed by atoms with Crippen molar-refractivity contribution in [1.82, 2.24) is 10.2 Å². The summed E-state index contributed by atoms with van der Waals surface area (Å²) in [4.78, 5) is 18.2. The van der Waals surface area contributed by atoms with Gasteiger partial charge in [-0.15, -0.1) is 0 Å². The lowest BCUT2D eigenvalue weighted by Crippen LogP contribution is -2.39. The monoisotopic (exact) mass is 424 g/mol. The zero-order valence-electron chi connectivity index (χ0n) is 18.6. The normalized spacial score (nSPS) is 16.3. The Hall–Kier alpha value is -3.06. The van der Waals surface area contributed by atoms with E-state index in [1.165, 1.54) is 12.5 Å². The Balaban J connectivity index is 1.48. The van der Waals surface area contributed by atoms with Gasteiger partial charge in [-0.2, -0.15) is 0 Å². The van der Waals surface area contributed by atoms with E-state index in [0.29, 0.717) is 30.5 Å². The summed E-state index contributed by atoms with van der Waals surface area (Å²) in [6.07, 6.45) is 1.09. The van der Waals surface area contributed by atoms with Gasteiger partial charge < -0.3 is 25.0 Å². The number of ether oxygens (including phenoxy) is 2. The van der Waals surface area contributed by atoms with Crippen LogP contribution in [-0.2, 0) is 22.7 Å². The van der Waals surface area contributed by atoms with Gasteiger partial charge in [-0.25, -0.2) is 0 Å². The van der Waals surface area contributed by atoms with Crippen molar-refractivity contribution in [1.29, 1.82) is 0 Å². The Bertz CT molecular complexity index is 886. The van der Waals surface area contributed by atoms with Crippen molar-refractivity contribution in [2.75, 3.05) is 39.2 Å². The van der Waals surface area contributed by atoms with E-state index in [0.717, 1.165) is 37.6 Å². The quantitative estimate of drug-likeness (QED) is 0.503. The average molecular weight is 425 g/mol. The second kappa shape index (κ2) is 11.4. The van der Waals surface area contributed by atoms with E-state index < -0.39 is 0 Å². The minimum atomic E-state index is -0.128. The van der Waals surface area contributed by atoms with E-state index in [9.17, 15) is 4.79 Å². The van der Waals surface area contributed by atoms with Crippen molar-refractivity contribution in [3.05, 3.63) is 59.7 Å². The smallest absolute Gasteiger partial charge is 0.221 e. The molecule has 0 aromatic heterocycles. The third-order valence-electron chi connectivity index (χ3n) is 5.29. The van der Waals surface area contributed by atoms with Crippen LogP contribution in [0.15, 0.2) is 53.5 Å². The molecule has 2 N–H and O–H groups in total. The Morgan fingerprint density at radius 3 is 2.71 bits per heavy atom. The number of likely N-dealkylation sites (tertiary alicyclic amines) is 1. The summed E-state index contributed by atoms with van der Waals surface area (Å²) < 4.78 is 11.3. The first-order chi connectivity index (χ1) is 15.1. The molecule has 166 valence electrons. The van der Waals surface area contributed by atoms with Crippen LogP contribution in [0, 0.1) is 5.92 Å². The van der Waals surface area contributed by atoms with Gasteiger partial charge in [-0.3, -0.25) is 9.79 Å². The largest absolute Gasteiger partial charge is 0.495 e. The van der Waals surface area contributed by atoms with Gasteiger partial charge in [0.05, 0.1) is 26.0 Å². The number of carbonyl (C=O) groups excluding carboxylic acids is 1. The van der Waals surface area contributed by atoms with Crippen LogP contribution in [0.2, 0.25) is 0 Å². The Labute approximate surface area is 184 Å². The van der Waals surface area contributed by atoms with Crippen LogP contribution in [-0.4, -0.2) is 50.6 Å². The fourth-order valence-corrected chi connectivity index (χ4v) is 3.74. The van der Waals surface area contributed by atoms with Gasteiger partial charge in [-0.1, -0.05) is 36.4 Å². The number of nitrogens with one attached hydrogen (secondary N) is 2. The number of hydrogen-bond acceptors (Lipinski definition) is 4. The summed E-state index contributed by atoms with van der Waals surface area (Å²) in [5.74, 6) is 1.88. The number of hydrogen-bond donors (Lipinski definition) is 2. The van der Waals surface area contributed by atoms with Crippen molar-refractivity contribution in [3.63, 3.8) is 0 Å². The number of anilines is 1. The van der Waals surface area contributed by atoms with Gasteiger partial charge in [0, 0.05) is 39.5 Å². The number of amides is 1. The highest BCUT2D eigenvalue weighted by molar-refractivity contribution is 5.90. The van der Waals surface area contributed by atoms with Crippen molar-refractivity contribution >= 4 is 17.6 Å². The second-order valence-corrected chi connectivity index (χ2v) is 7.72. The molecule has 7 heteroatoms. The molecule has 1 unspecified atom stereocenters. The maximum absolute atomic E-state index is 11.4. The third-order valence-corrected chi connectivity index (χ3v) is 5.29. The number of aliphatic imine (C=N–C) groups is 1. The topological polar surface area (TPSA) is 75.2 Å². The Morgan fingerprint density at radius 2 is 2.00 bits per heavy atom. The van der Waals surface area contributed by atoms with Crippen molar-refractivity contribution in [2.24, 2.45) is 10.9 Å². The van der Waals surface area contributed by atoms with Crippen LogP contribution in [0.5, 0.6) is 5.75 Å². The van der Waals surface area contributed by atoms with Crippen LogP contribution in [0.1, 0.15) is 24.5 Å². The molecule has 3 rings (SSSR count). The zero-order chi connectivity index (χ0) is 22.1. The maximum Gasteiger partial charge on any atom is 0.221 e. The lowest BCUT2D eigenvalue weighted by atomic mass is 10.1. The van der Waals surface area contributed by atoms with Gasteiger partial charge in [0.25, 0.3) is 0 Å². The molecule has 1 atom stereocenters. The van der Waals surface area contributed by atoms with E-state index >= 15 is 0 Å². The predicted molar refractivity (Wildman–Crippen MR) is 123 cm³/mol. The number of guanidine groups is 1. The van der Waals surface area contributed by atoms with Gasteiger partial charge in [0.2, 0.25) is 5.91 Å². The molecule has 2 aromatic rings. The number of nitrogens with zero attached hydrogens (tertiary/aromatic N) is 2. The first kappa shape index (κ1) is 22.6. The summed E-state index contributed by atoms with van der Waals surface area (Å²) in [6.45, 7) is 5.38. The van der Waals surface area contributed by atoms with Gasteiger partial charge in [-0.05, 0) is 29.7 Å². The molecule has 0 saturated carbocycles. The molecule has 1 aliphatic heterocycles. The highest BCUT2D eigenvalue weighted by Crippen LogP contribution is 2.25. The van der Waals surface area contributed by atoms with E-state index in [1.54, 1.807) is 14.2 Å². The zero-order valence-corrected chi connectivity index (χ0v) is 18.6. The van der Waals surface area contributed by atoms with Gasteiger partial charge in [0.15, 0.2) is 5.96 Å². The summed E-state index contributed by atoms with van der Waals surface area (Å²) >= 11 is 0. The third kappa shape index (κ3) is 6.72. The summed E-state index contributed by atoms with van der Waals surface area (Å²) in [6, 6.07) is 16.0. The first-order valence-corrected chi connectivity index (χ1v) is 10.6. The van der Waals surface area contributed by atoms with Crippen LogP contribution >= 0.6 is 0 Å². The van der Waals surface area contributed by atoms with Crippen LogP contribution < -0.4 is 15.4 Å². The van der Waals surface area contributed by atoms with E-state index in [-0.39, 0.29) is 5.91 Å². The van der Waals surface area contributed by atoms with Gasteiger partial charge in [0.1, 0.15) is 5.75 Å². The van der Waals surface area contributed by atoms with Crippen molar-refractivity contribution in [2.45, 2.75) is 26.5 Å². The minimum Gasteiger partial charge on any atom is -0.495 e. The van der Waals surface area contributed by atoms with Crippen LogP contribution in [0.25, 0.3) is 0 Å². The molecule has 0 aliphatic carbocycles. The molecule has 0 bridgehead atoms. The number of methoxy groups -OCH3 is 1. The molecular formula is C24H32N4O3. The lowest BCUT2D eigenvalue weighted by molar-refractivity contribution is -0.114. The minimum absolute atomic E-state index is 0.128. The first-order valence-electron chi connectivity index (χ1n) is 10.6. The summed E-state index contributed by atoms with van der Waals surface area (Å²) in [5.41, 5.74) is 2.90. The molecule has 0 spiro atoms. The number of benzene rings is 2. The molecular weight excluding hydrogens is 392 g/mol. The second-order valence-electron chi connectivity index (χ2n) is 7.72. The molecule has 7 nitrogen and oxygen atoms in total. The van der Waals surface area contributed by atoms with E-state index in [2.05, 4.69) is 32.7 Å². The summed E-state index contributed by atoms with van der Waals surface area (Å²) in [7, 11) is 3.39. The molecule has 1 heterocycles. The number of rotatable bonds is 8.